The summed E-state index contributed by atoms with van der Waals surface area (Å²) in [4.78, 5) is 12.1. The minimum Gasteiger partial charge on any atom is -0.335 e. The van der Waals surface area contributed by atoms with Gasteiger partial charge in [0, 0.05) is 16.2 Å². The Kier molecular flexibility index (Phi) is 3.96. The van der Waals surface area contributed by atoms with E-state index in [-0.39, 0.29) is 12.1 Å². The number of nitrogens with zero attached hydrogens (tertiary/aromatic N) is 1. The second-order valence-electron chi connectivity index (χ2n) is 5.35. The first-order valence-corrected chi connectivity index (χ1v) is 7.76. The molecule has 1 atom stereocenters. The third-order valence-electron chi connectivity index (χ3n) is 3.79. The average Bonchev–Trinajstić information content (AvgIpc) is 2.91. The van der Waals surface area contributed by atoms with E-state index in [1.54, 1.807) is 0 Å². The number of aromatic amines is 1. The zero-order valence-electron chi connectivity index (χ0n) is 11.7. The van der Waals surface area contributed by atoms with Gasteiger partial charge < -0.3 is 10.6 Å². The van der Waals surface area contributed by atoms with Crippen molar-refractivity contribution in [1.29, 1.82) is 0 Å². The molecule has 5 nitrogen and oxygen atoms in total. The highest BCUT2D eigenvalue weighted by Gasteiger charge is 2.21. The number of benzene rings is 1. The summed E-state index contributed by atoms with van der Waals surface area (Å²) in [5.74, 6) is 0. The molecule has 1 aromatic heterocycles. The number of hydrogen-bond acceptors (Lipinski definition) is 2. The molecule has 0 radical (unpaired) electrons. The van der Waals surface area contributed by atoms with Crippen LogP contribution in [0.15, 0.2) is 28.9 Å². The first-order chi connectivity index (χ1) is 10.1. The first-order valence-electron chi connectivity index (χ1n) is 6.97. The number of aryl methyl sites for hydroxylation is 2. The second-order valence-corrected chi connectivity index (χ2v) is 6.14. The van der Waals surface area contributed by atoms with Crippen molar-refractivity contribution in [3.8, 4) is 0 Å². The molecule has 2 amide bonds. The predicted molar refractivity (Wildman–Crippen MR) is 85.4 cm³/mol. The van der Waals surface area contributed by atoms with Crippen LogP contribution in [-0.2, 0) is 12.8 Å². The van der Waals surface area contributed by atoms with Crippen molar-refractivity contribution in [2.45, 2.75) is 32.2 Å². The Balaban J connectivity index is 1.61. The normalized spacial score (nSPS) is 17.1. The molecule has 110 valence electrons. The summed E-state index contributed by atoms with van der Waals surface area (Å²) in [6.07, 6.45) is 4.53. The van der Waals surface area contributed by atoms with Crippen molar-refractivity contribution in [3.05, 3.63) is 45.7 Å². The molecule has 0 fully saturated rings. The van der Waals surface area contributed by atoms with Crippen molar-refractivity contribution in [3.63, 3.8) is 0 Å². The van der Waals surface area contributed by atoms with Gasteiger partial charge in [0.25, 0.3) is 0 Å². The molecule has 21 heavy (non-hydrogen) atoms. The Labute approximate surface area is 131 Å². The lowest BCUT2D eigenvalue weighted by Gasteiger charge is -2.23. The van der Waals surface area contributed by atoms with Crippen LogP contribution in [0.2, 0.25) is 0 Å². The van der Waals surface area contributed by atoms with Gasteiger partial charge in [0.2, 0.25) is 0 Å². The summed E-state index contributed by atoms with van der Waals surface area (Å²) in [6.45, 7) is 1.99. The molecule has 0 spiro atoms. The number of urea groups is 1. The Bertz CT molecular complexity index is 667. The van der Waals surface area contributed by atoms with Gasteiger partial charge in [0.1, 0.15) is 0 Å². The van der Waals surface area contributed by atoms with E-state index >= 15 is 0 Å². The number of carbonyl (C=O) groups is 1. The molecular weight excluding hydrogens is 332 g/mol. The average molecular weight is 349 g/mol. The molecule has 6 heteroatoms. The zero-order chi connectivity index (χ0) is 14.8. The van der Waals surface area contributed by atoms with E-state index in [4.69, 9.17) is 0 Å². The summed E-state index contributed by atoms with van der Waals surface area (Å²) < 4.78 is 0.918. The van der Waals surface area contributed by atoms with Crippen LogP contribution >= 0.6 is 15.9 Å². The van der Waals surface area contributed by atoms with Crippen LogP contribution in [0.25, 0.3) is 0 Å². The molecule has 0 saturated heterocycles. The largest absolute Gasteiger partial charge is 0.335 e. The smallest absolute Gasteiger partial charge is 0.319 e. The molecule has 3 rings (SSSR count). The number of H-pyrrole nitrogens is 1. The van der Waals surface area contributed by atoms with Crippen LogP contribution in [0.1, 0.15) is 23.2 Å². The maximum Gasteiger partial charge on any atom is 0.319 e. The van der Waals surface area contributed by atoms with Crippen molar-refractivity contribution in [2.75, 3.05) is 5.32 Å². The van der Waals surface area contributed by atoms with Gasteiger partial charge in [-0.1, -0.05) is 12.1 Å². The highest BCUT2D eigenvalue weighted by atomic mass is 79.9. The van der Waals surface area contributed by atoms with Crippen molar-refractivity contribution < 1.29 is 4.79 Å². The van der Waals surface area contributed by atoms with E-state index in [1.807, 2.05) is 31.3 Å². The van der Waals surface area contributed by atoms with Crippen LogP contribution in [0.5, 0.6) is 0 Å². The minimum absolute atomic E-state index is 0.152. The predicted octanol–water partition coefficient (Wildman–Crippen LogP) is 3.16. The highest BCUT2D eigenvalue weighted by Crippen LogP contribution is 2.25. The Morgan fingerprint density at radius 3 is 3.19 bits per heavy atom. The van der Waals surface area contributed by atoms with Crippen LogP contribution in [-0.4, -0.2) is 22.3 Å². The van der Waals surface area contributed by atoms with Crippen molar-refractivity contribution >= 4 is 27.6 Å². The summed E-state index contributed by atoms with van der Waals surface area (Å²) in [7, 11) is 0. The van der Waals surface area contributed by atoms with Gasteiger partial charge in [-0.15, -0.1) is 0 Å². The number of nitrogens with one attached hydrogen (secondary N) is 3. The van der Waals surface area contributed by atoms with Gasteiger partial charge in [0.05, 0.1) is 11.9 Å². The standard InChI is InChI=1S/C15H17BrN4O/c1-9-3-2-4-13(14(9)16)19-15(21)18-11-5-6-12-10(7-11)8-17-20-12/h2-4,8,11H,5-7H2,1H3,(H,17,20)(H2,18,19,21)/t11-/m1/s1. The number of aromatic nitrogens is 2. The van der Waals surface area contributed by atoms with E-state index in [1.165, 1.54) is 11.3 Å². The number of halogens is 1. The fraction of sp³-hybridized carbons (Fsp3) is 0.333. The fourth-order valence-electron chi connectivity index (χ4n) is 2.63. The molecule has 1 heterocycles. The van der Waals surface area contributed by atoms with Crippen LogP contribution < -0.4 is 10.6 Å². The van der Waals surface area contributed by atoms with E-state index < -0.39 is 0 Å². The lowest BCUT2D eigenvalue weighted by molar-refractivity contribution is 0.247. The molecule has 0 unspecified atom stereocenters. The molecule has 1 aromatic carbocycles. The third kappa shape index (κ3) is 3.10. The van der Waals surface area contributed by atoms with E-state index in [0.29, 0.717) is 0 Å². The van der Waals surface area contributed by atoms with Crippen molar-refractivity contribution in [2.24, 2.45) is 0 Å². The molecule has 0 bridgehead atoms. The van der Waals surface area contributed by atoms with E-state index in [0.717, 1.165) is 35.0 Å². The number of carbonyl (C=O) groups excluding carboxylic acids is 1. The molecule has 2 aromatic rings. The van der Waals surface area contributed by atoms with E-state index in [9.17, 15) is 4.79 Å². The first kappa shape index (κ1) is 14.1. The molecule has 0 saturated carbocycles. The summed E-state index contributed by atoms with van der Waals surface area (Å²) in [5.41, 5.74) is 4.26. The Morgan fingerprint density at radius 1 is 1.48 bits per heavy atom. The van der Waals surface area contributed by atoms with Gasteiger partial charge in [-0.05, 0) is 59.3 Å². The van der Waals surface area contributed by atoms with Gasteiger partial charge in [-0.2, -0.15) is 5.10 Å². The number of rotatable bonds is 2. The lowest BCUT2D eigenvalue weighted by atomic mass is 9.94. The number of anilines is 1. The molecule has 3 N–H and O–H groups in total. The van der Waals surface area contributed by atoms with Crippen LogP contribution in [0.4, 0.5) is 10.5 Å². The quantitative estimate of drug-likeness (QED) is 0.780. The molecular formula is C15H17BrN4O. The van der Waals surface area contributed by atoms with Crippen LogP contribution in [0.3, 0.4) is 0 Å². The van der Waals surface area contributed by atoms with Gasteiger partial charge in [0.15, 0.2) is 0 Å². The van der Waals surface area contributed by atoms with Crippen LogP contribution in [0, 0.1) is 6.92 Å². The molecule has 1 aliphatic carbocycles. The van der Waals surface area contributed by atoms with Gasteiger partial charge >= 0.3 is 6.03 Å². The fourth-order valence-corrected chi connectivity index (χ4v) is 2.99. The Morgan fingerprint density at radius 2 is 2.33 bits per heavy atom. The van der Waals surface area contributed by atoms with Gasteiger partial charge in [-0.3, -0.25) is 5.10 Å². The summed E-state index contributed by atoms with van der Waals surface area (Å²) >= 11 is 3.50. The van der Waals surface area contributed by atoms with Crippen molar-refractivity contribution in [1.82, 2.24) is 15.5 Å². The summed E-state index contributed by atoms with van der Waals surface area (Å²) in [6, 6.07) is 5.78. The minimum atomic E-state index is -0.168. The SMILES string of the molecule is Cc1cccc(NC(=O)N[C@@H]2CCc3[nH]ncc3C2)c1Br. The van der Waals surface area contributed by atoms with E-state index in [2.05, 4.69) is 36.8 Å². The number of hydrogen-bond donors (Lipinski definition) is 3. The third-order valence-corrected chi connectivity index (χ3v) is 4.84. The second kappa shape index (κ2) is 5.89. The summed E-state index contributed by atoms with van der Waals surface area (Å²) in [5, 5.41) is 13.0. The maximum absolute atomic E-state index is 12.1. The highest BCUT2D eigenvalue weighted by molar-refractivity contribution is 9.10. The number of fused-ring (bicyclic) bond motifs is 1. The lowest BCUT2D eigenvalue weighted by Crippen LogP contribution is -2.41. The zero-order valence-corrected chi connectivity index (χ0v) is 13.3. The van der Waals surface area contributed by atoms with Gasteiger partial charge in [-0.25, -0.2) is 4.79 Å². The molecule has 0 aliphatic heterocycles. The maximum atomic E-state index is 12.1. The molecule has 1 aliphatic rings. The topological polar surface area (TPSA) is 69.8 Å². The number of amides is 2. The Hall–Kier alpha value is -1.82. The monoisotopic (exact) mass is 348 g/mol.